The van der Waals surface area contributed by atoms with Crippen molar-refractivity contribution in [2.75, 3.05) is 19.0 Å². The van der Waals surface area contributed by atoms with Crippen LogP contribution in [0.2, 0.25) is 0 Å². The first-order valence-corrected chi connectivity index (χ1v) is 11.2. The third-order valence-corrected chi connectivity index (χ3v) is 4.85. The second-order valence-electron chi connectivity index (χ2n) is 7.69. The lowest BCUT2D eigenvalue weighted by Gasteiger charge is -2.10. The number of aryl methyl sites for hydroxylation is 1. The first-order valence-electron chi connectivity index (χ1n) is 11.2. The number of anilines is 1. The van der Waals surface area contributed by atoms with Gasteiger partial charge in [-0.25, -0.2) is 10.2 Å². The third kappa shape index (κ3) is 7.42. The monoisotopic (exact) mass is 489 g/mol. The van der Waals surface area contributed by atoms with Crippen molar-refractivity contribution in [2.24, 2.45) is 5.10 Å². The summed E-state index contributed by atoms with van der Waals surface area (Å²) >= 11 is 0. The Hall–Kier alpha value is -4.66. The van der Waals surface area contributed by atoms with Crippen LogP contribution in [0.1, 0.15) is 34.8 Å². The molecule has 0 aliphatic carbocycles. The van der Waals surface area contributed by atoms with Gasteiger partial charge in [0.05, 0.1) is 25.5 Å². The first kappa shape index (κ1) is 26.0. The molecule has 36 heavy (non-hydrogen) atoms. The summed E-state index contributed by atoms with van der Waals surface area (Å²) < 4.78 is 16.3. The molecule has 3 aromatic carbocycles. The van der Waals surface area contributed by atoms with Crippen molar-refractivity contribution < 1.29 is 28.6 Å². The van der Waals surface area contributed by atoms with Crippen LogP contribution >= 0.6 is 0 Å². The Kier molecular flexibility index (Phi) is 9.16. The van der Waals surface area contributed by atoms with Crippen LogP contribution in [0.3, 0.4) is 0 Å². The van der Waals surface area contributed by atoms with Gasteiger partial charge in [0.1, 0.15) is 5.75 Å². The van der Waals surface area contributed by atoms with Gasteiger partial charge in [0, 0.05) is 5.69 Å². The number of hydrazone groups is 1. The molecule has 9 nitrogen and oxygen atoms in total. The van der Waals surface area contributed by atoms with Crippen molar-refractivity contribution in [3.8, 4) is 17.2 Å². The number of ether oxygens (including phenoxy) is 3. The lowest BCUT2D eigenvalue weighted by Crippen LogP contribution is -2.32. The van der Waals surface area contributed by atoms with Crippen molar-refractivity contribution in [1.82, 2.24) is 5.43 Å². The molecule has 2 N–H and O–H groups in total. The molecule has 3 rings (SSSR count). The molecule has 0 saturated heterocycles. The Morgan fingerprint density at radius 1 is 0.917 bits per heavy atom. The fraction of sp³-hybridized carbons (Fsp3) is 0.185. The topological polar surface area (TPSA) is 115 Å². The van der Waals surface area contributed by atoms with E-state index in [1.54, 1.807) is 54.6 Å². The van der Waals surface area contributed by atoms with Crippen LogP contribution in [0, 0.1) is 6.92 Å². The average Bonchev–Trinajstić information content (AvgIpc) is 2.89. The van der Waals surface area contributed by atoms with Crippen molar-refractivity contribution in [2.45, 2.75) is 20.3 Å². The number of hydrogen-bond acceptors (Lipinski definition) is 7. The van der Waals surface area contributed by atoms with Crippen LogP contribution in [-0.4, -0.2) is 37.7 Å². The summed E-state index contributed by atoms with van der Waals surface area (Å²) in [6.07, 6.45) is 2.22. The summed E-state index contributed by atoms with van der Waals surface area (Å²) in [6.45, 7) is 4.53. The Labute approximate surface area is 209 Å². The molecule has 2 amide bonds. The summed E-state index contributed by atoms with van der Waals surface area (Å²) in [7, 11) is 1.44. The Bertz CT molecular complexity index is 1240. The molecule has 0 unspecified atom stereocenters. The van der Waals surface area contributed by atoms with Crippen LogP contribution < -0.4 is 25.0 Å². The highest BCUT2D eigenvalue weighted by molar-refractivity contribution is 6.39. The Morgan fingerprint density at radius 3 is 2.31 bits per heavy atom. The summed E-state index contributed by atoms with van der Waals surface area (Å²) in [5.74, 6) is -1.14. The van der Waals surface area contributed by atoms with E-state index < -0.39 is 17.8 Å². The number of rotatable bonds is 9. The Balaban J connectivity index is 1.57. The largest absolute Gasteiger partial charge is 0.494 e. The Morgan fingerprint density at radius 2 is 1.64 bits per heavy atom. The van der Waals surface area contributed by atoms with E-state index in [2.05, 4.69) is 15.8 Å². The van der Waals surface area contributed by atoms with Crippen LogP contribution in [-0.2, 0) is 9.59 Å². The number of nitrogens with zero attached hydrogens (tertiary/aromatic N) is 1. The summed E-state index contributed by atoms with van der Waals surface area (Å²) in [5.41, 5.74) is 4.60. The normalized spacial score (nSPS) is 10.5. The summed E-state index contributed by atoms with van der Waals surface area (Å²) in [5, 5.41) is 6.29. The van der Waals surface area contributed by atoms with Crippen LogP contribution in [0.25, 0.3) is 0 Å². The van der Waals surface area contributed by atoms with Gasteiger partial charge in [0.25, 0.3) is 0 Å². The molecule has 0 atom stereocenters. The number of benzene rings is 3. The van der Waals surface area contributed by atoms with Crippen LogP contribution in [0.4, 0.5) is 5.69 Å². The van der Waals surface area contributed by atoms with Gasteiger partial charge < -0.3 is 19.5 Å². The first-order chi connectivity index (χ1) is 17.4. The molecule has 0 radical (unpaired) electrons. The van der Waals surface area contributed by atoms with Gasteiger partial charge in [-0.05, 0) is 73.5 Å². The molecule has 0 saturated carbocycles. The SMILES string of the molecule is CCCOc1ccc(C(=O)Oc2ccc(C=NNC(=O)C(=O)Nc3ccc(C)cc3)cc2OC)cc1. The van der Waals surface area contributed by atoms with E-state index in [1.807, 2.05) is 26.0 Å². The highest BCUT2D eigenvalue weighted by Gasteiger charge is 2.14. The smallest absolute Gasteiger partial charge is 0.343 e. The molecule has 0 spiro atoms. The maximum absolute atomic E-state index is 12.5. The number of nitrogens with one attached hydrogen (secondary N) is 2. The van der Waals surface area contributed by atoms with Crippen molar-refractivity contribution in [1.29, 1.82) is 0 Å². The van der Waals surface area contributed by atoms with Gasteiger partial charge in [0.2, 0.25) is 0 Å². The number of esters is 1. The number of carbonyl (C=O) groups is 3. The fourth-order valence-electron chi connectivity index (χ4n) is 2.96. The standard InChI is InChI=1S/C27H27N3O6/c1-4-15-35-22-12-8-20(9-13-22)27(33)36-23-14-7-19(16-24(23)34-3)17-28-30-26(32)25(31)29-21-10-5-18(2)6-11-21/h5-14,16-17H,4,15H2,1-3H3,(H,29,31)(H,30,32). The van der Waals surface area contributed by atoms with Gasteiger partial charge >= 0.3 is 17.8 Å². The molecule has 0 bridgehead atoms. The van der Waals surface area contributed by atoms with E-state index in [9.17, 15) is 14.4 Å². The average molecular weight is 490 g/mol. The number of hydrogen-bond donors (Lipinski definition) is 2. The van der Waals surface area contributed by atoms with E-state index in [-0.39, 0.29) is 5.75 Å². The van der Waals surface area contributed by atoms with Gasteiger partial charge in [0.15, 0.2) is 11.5 Å². The second-order valence-corrected chi connectivity index (χ2v) is 7.69. The highest BCUT2D eigenvalue weighted by Crippen LogP contribution is 2.28. The predicted octanol–water partition coefficient (Wildman–Crippen LogP) is 4.10. The lowest BCUT2D eigenvalue weighted by atomic mass is 10.2. The minimum Gasteiger partial charge on any atom is -0.494 e. The van der Waals surface area contributed by atoms with Gasteiger partial charge in [-0.2, -0.15) is 5.10 Å². The van der Waals surface area contributed by atoms with Crippen molar-refractivity contribution >= 4 is 29.7 Å². The van der Waals surface area contributed by atoms with E-state index >= 15 is 0 Å². The molecule has 0 aromatic heterocycles. The second kappa shape index (κ2) is 12.7. The maximum Gasteiger partial charge on any atom is 0.343 e. The van der Waals surface area contributed by atoms with E-state index in [1.165, 1.54) is 13.3 Å². The zero-order valence-corrected chi connectivity index (χ0v) is 20.2. The predicted molar refractivity (Wildman–Crippen MR) is 136 cm³/mol. The third-order valence-electron chi connectivity index (χ3n) is 4.85. The number of methoxy groups -OCH3 is 1. The molecule has 3 aromatic rings. The summed E-state index contributed by atoms with van der Waals surface area (Å²) in [6, 6.07) is 18.4. The number of carbonyl (C=O) groups excluding carboxylic acids is 3. The molecular weight excluding hydrogens is 462 g/mol. The zero-order chi connectivity index (χ0) is 25.9. The summed E-state index contributed by atoms with van der Waals surface area (Å²) in [4.78, 5) is 36.5. The van der Waals surface area contributed by atoms with Crippen LogP contribution in [0.15, 0.2) is 71.8 Å². The molecule has 0 heterocycles. The number of amides is 2. The quantitative estimate of drug-likeness (QED) is 0.154. The maximum atomic E-state index is 12.5. The van der Waals surface area contributed by atoms with E-state index in [0.717, 1.165) is 12.0 Å². The molecule has 0 aliphatic heterocycles. The van der Waals surface area contributed by atoms with Crippen molar-refractivity contribution in [3.63, 3.8) is 0 Å². The highest BCUT2D eigenvalue weighted by atomic mass is 16.6. The van der Waals surface area contributed by atoms with Crippen LogP contribution in [0.5, 0.6) is 17.2 Å². The zero-order valence-electron chi connectivity index (χ0n) is 20.2. The van der Waals surface area contributed by atoms with Crippen molar-refractivity contribution in [3.05, 3.63) is 83.4 Å². The molecule has 9 heteroatoms. The fourth-order valence-corrected chi connectivity index (χ4v) is 2.96. The van der Waals surface area contributed by atoms with E-state index in [4.69, 9.17) is 14.2 Å². The molecule has 0 aliphatic rings. The molecule has 186 valence electrons. The van der Waals surface area contributed by atoms with Gasteiger partial charge in [-0.15, -0.1) is 0 Å². The van der Waals surface area contributed by atoms with E-state index in [0.29, 0.717) is 34.9 Å². The lowest BCUT2D eigenvalue weighted by molar-refractivity contribution is -0.136. The molecular formula is C27H27N3O6. The van der Waals surface area contributed by atoms with Gasteiger partial charge in [-0.3, -0.25) is 9.59 Å². The molecule has 0 fully saturated rings. The minimum atomic E-state index is -0.921. The minimum absolute atomic E-state index is 0.215. The van der Waals surface area contributed by atoms with Gasteiger partial charge in [-0.1, -0.05) is 24.6 Å².